The molecule has 8 heteroatoms. The largest absolute Gasteiger partial charge is 0.488 e. The van der Waals surface area contributed by atoms with E-state index in [1.165, 1.54) is 0 Å². The van der Waals surface area contributed by atoms with Crippen molar-refractivity contribution >= 4 is 16.8 Å². The highest BCUT2D eigenvalue weighted by atomic mass is 16.5. The minimum Gasteiger partial charge on any atom is -0.488 e. The lowest BCUT2D eigenvalue weighted by Crippen LogP contribution is -2.62. The van der Waals surface area contributed by atoms with E-state index >= 15 is 0 Å². The quantitative estimate of drug-likeness (QED) is 0.384. The molecule has 1 saturated carbocycles. The van der Waals surface area contributed by atoms with Gasteiger partial charge in [-0.15, -0.1) is 0 Å². The molecule has 2 aromatic heterocycles. The van der Waals surface area contributed by atoms with Gasteiger partial charge >= 0.3 is 0 Å². The highest BCUT2D eigenvalue weighted by molar-refractivity contribution is 6.01. The highest BCUT2D eigenvalue weighted by Gasteiger charge is 2.37. The van der Waals surface area contributed by atoms with Gasteiger partial charge in [0.15, 0.2) is 0 Å². The Morgan fingerprint density at radius 1 is 1.08 bits per heavy atom. The molecule has 37 heavy (non-hydrogen) atoms. The van der Waals surface area contributed by atoms with Crippen LogP contribution in [0.5, 0.6) is 5.75 Å². The fourth-order valence-corrected chi connectivity index (χ4v) is 5.18. The van der Waals surface area contributed by atoms with Crippen LogP contribution >= 0.6 is 0 Å². The molecule has 2 aromatic carbocycles. The van der Waals surface area contributed by atoms with Crippen LogP contribution in [0, 0.1) is 5.92 Å². The summed E-state index contributed by atoms with van der Waals surface area (Å²) in [6.45, 7) is 3.58. The maximum Gasteiger partial charge on any atom is 0.251 e. The number of carbonyl (C=O) groups excluding carboxylic acids is 1. The molecule has 1 atom stereocenters. The second-order valence-electron chi connectivity index (χ2n) is 10.3. The van der Waals surface area contributed by atoms with Gasteiger partial charge in [0.2, 0.25) is 0 Å². The number of aromatic amines is 1. The van der Waals surface area contributed by atoms with Gasteiger partial charge in [-0.05, 0) is 73.4 Å². The SMILES string of the molecule is O=C(NC(c1ccccn1)C1CC1)c1ccc2[nH]nc(-c3ccc(OC4CN(C5COC5)C4)cc3)c2c1. The van der Waals surface area contributed by atoms with Crippen LogP contribution in [0.1, 0.15) is 34.9 Å². The standard InChI is InChI=1S/C29H29N5O3/c35-29(31-28(19-4-5-19)26-3-1-2-12-30-26)20-8-11-25-24(13-20)27(33-32-25)18-6-9-22(10-7-18)37-23-14-34(15-23)21-16-36-17-21/h1-3,6-13,19,21,23,28H,4-5,14-17H2,(H,31,35)(H,32,33). The van der Waals surface area contributed by atoms with Gasteiger partial charge < -0.3 is 14.8 Å². The molecule has 1 aliphatic carbocycles. The van der Waals surface area contributed by atoms with Crippen molar-refractivity contribution in [2.75, 3.05) is 26.3 Å². The maximum atomic E-state index is 13.2. The second kappa shape index (κ2) is 9.28. The molecular weight excluding hydrogens is 466 g/mol. The highest BCUT2D eigenvalue weighted by Crippen LogP contribution is 2.40. The lowest BCUT2D eigenvalue weighted by Gasteiger charge is -2.46. The topological polar surface area (TPSA) is 92.4 Å². The average Bonchev–Trinajstić information content (AvgIpc) is 3.64. The number of aromatic nitrogens is 3. The molecule has 8 nitrogen and oxygen atoms in total. The molecule has 4 aromatic rings. The van der Waals surface area contributed by atoms with Crippen LogP contribution < -0.4 is 10.1 Å². The Kier molecular flexibility index (Phi) is 5.63. The summed E-state index contributed by atoms with van der Waals surface area (Å²) in [4.78, 5) is 20.1. The van der Waals surface area contributed by atoms with Crippen LogP contribution in [0.4, 0.5) is 0 Å². The minimum absolute atomic E-state index is 0.0643. The third-order valence-corrected chi connectivity index (χ3v) is 7.66. The number of rotatable bonds is 8. The molecule has 0 spiro atoms. The van der Waals surface area contributed by atoms with E-state index in [0.717, 1.165) is 72.7 Å². The molecule has 3 fully saturated rings. The van der Waals surface area contributed by atoms with E-state index in [4.69, 9.17) is 9.47 Å². The second-order valence-corrected chi connectivity index (χ2v) is 10.3. The first kappa shape index (κ1) is 22.4. The lowest BCUT2D eigenvalue weighted by molar-refractivity contribution is -0.115. The number of likely N-dealkylation sites (tertiary alicyclic amines) is 1. The molecule has 0 radical (unpaired) electrons. The van der Waals surface area contributed by atoms with E-state index in [-0.39, 0.29) is 18.1 Å². The fraction of sp³-hybridized carbons (Fsp3) is 0.345. The summed E-state index contributed by atoms with van der Waals surface area (Å²) in [5.74, 6) is 1.21. The number of nitrogens with one attached hydrogen (secondary N) is 2. The predicted octanol–water partition coefficient (Wildman–Crippen LogP) is 3.97. The van der Waals surface area contributed by atoms with Crippen molar-refractivity contribution in [3.05, 3.63) is 78.1 Å². The number of fused-ring (bicyclic) bond motifs is 1. The molecule has 188 valence electrons. The van der Waals surface area contributed by atoms with Gasteiger partial charge in [-0.25, -0.2) is 0 Å². The van der Waals surface area contributed by atoms with Crippen molar-refractivity contribution in [2.45, 2.75) is 31.0 Å². The summed E-state index contributed by atoms with van der Waals surface area (Å²) >= 11 is 0. The first-order chi connectivity index (χ1) is 18.2. The van der Waals surface area contributed by atoms with E-state index in [9.17, 15) is 4.79 Å². The third-order valence-electron chi connectivity index (χ3n) is 7.66. The van der Waals surface area contributed by atoms with Gasteiger partial charge in [-0.3, -0.25) is 19.8 Å². The number of pyridine rings is 1. The summed E-state index contributed by atoms with van der Waals surface area (Å²) in [5.41, 5.74) is 4.21. The van der Waals surface area contributed by atoms with Gasteiger partial charge in [0.05, 0.1) is 42.2 Å². The van der Waals surface area contributed by atoms with Crippen molar-refractivity contribution in [1.82, 2.24) is 25.4 Å². The molecule has 0 bridgehead atoms. The van der Waals surface area contributed by atoms with Crippen LogP contribution in [-0.4, -0.2) is 64.4 Å². The van der Waals surface area contributed by atoms with Gasteiger partial charge in [-0.1, -0.05) is 6.07 Å². The molecule has 7 rings (SSSR count). The zero-order valence-electron chi connectivity index (χ0n) is 20.5. The number of benzene rings is 2. The Morgan fingerprint density at radius 2 is 1.92 bits per heavy atom. The normalized spacial score (nSPS) is 19.2. The summed E-state index contributed by atoms with van der Waals surface area (Å²) in [6, 6.07) is 20.1. The van der Waals surface area contributed by atoms with Crippen LogP contribution in [0.2, 0.25) is 0 Å². The van der Waals surface area contributed by atoms with Gasteiger partial charge in [0.1, 0.15) is 11.9 Å². The van der Waals surface area contributed by atoms with E-state index < -0.39 is 0 Å². The van der Waals surface area contributed by atoms with Gasteiger partial charge in [-0.2, -0.15) is 5.10 Å². The molecule has 2 aliphatic heterocycles. The molecule has 1 unspecified atom stereocenters. The molecule has 1 amide bonds. The number of hydrogen-bond acceptors (Lipinski definition) is 6. The molecule has 2 N–H and O–H groups in total. The van der Waals surface area contributed by atoms with E-state index in [0.29, 0.717) is 17.5 Å². The van der Waals surface area contributed by atoms with E-state index in [1.807, 2.05) is 60.7 Å². The Morgan fingerprint density at radius 3 is 2.62 bits per heavy atom. The monoisotopic (exact) mass is 495 g/mol. The summed E-state index contributed by atoms with van der Waals surface area (Å²) in [7, 11) is 0. The van der Waals surface area contributed by atoms with Crippen molar-refractivity contribution in [3.63, 3.8) is 0 Å². The Bertz CT molecular complexity index is 1410. The van der Waals surface area contributed by atoms with Crippen molar-refractivity contribution in [3.8, 4) is 17.0 Å². The zero-order valence-corrected chi connectivity index (χ0v) is 20.5. The average molecular weight is 496 g/mol. The Balaban J connectivity index is 1.06. The number of carbonyl (C=O) groups is 1. The van der Waals surface area contributed by atoms with Crippen molar-refractivity contribution in [2.24, 2.45) is 5.92 Å². The number of H-pyrrole nitrogens is 1. The summed E-state index contributed by atoms with van der Waals surface area (Å²) in [5, 5.41) is 11.8. The number of ether oxygens (including phenoxy) is 2. The van der Waals surface area contributed by atoms with Crippen molar-refractivity contribution in [1.29, 1.82) is 0 Å². The van der Waals surface area contributed by atoms with Crippen LogP contribution in [0.15, 0.2) is 66.9 Å². The maximum absolute atomic E-state index is 13.2. The van der Waals surface area contributed by atoms with Crippen LogP contribution in [-0.2, 0) is 4.74 Å². The van der Waals surface area contributed by atoms with Crippen LogP contribution in [0.25, 0.3) is 22.2 Å². The number of nitrogens with zero attached hydrogens (tertiary/aromatic N) is 3. The first-order valence-corrected chi connectivity index (χ1v) is 13.0. The summed E-state index contributed by atoms with van der Waals surface area (Å²) in [6.07, 6.45) is 4.23. The predicted molar refractivity (Wildman–Crippen MR) is 139 cm³/mol. The van der Waals surface area contributed by atoms with Crippen molar-refractivity contribution < 1.29 is 14.3 Å². The van der Waals surface area contributed by atoms with Gasteiger partial charge in [0, 0.05) is 35.8 Å². The Labute approximate surface area is 215 Å². The molecule has 4 heterocycles. The molecular formula is C29H29N5O3. The number of amides is 1. The smallest absolute Gasteiger partial charge is 0.251 e. The zero-order chi connectivity index (χ0) is 24.8. The number of hydrogen-bond donors (Lipinski definition) is 2. The first-order valence-electron chi connectivity index (χ1n) is 13.0. The Hall–Kier alpha value is -3.75. The van der Waals surface area contributed by atoms with E-state index in [2.05, 4.69) is 25.4 Å². The van der Waals surface area contributed by atoms with E-state index in [1.54, 1.807) is 6.20 Å². The molecule has 3 aliphatic rings. The molecule has 2 saturated heterocycles. The minimum atomic E-state index is -0.0941. The van der Waals surface area contributed by atoms with Crippen LogP contribution in [0.3, 0.4) is 0 Å². The fourth-order valence-electron chi connectivity index (χ4n) is 5.18. The summed E-state index contributed by atoms with van der Waals surface area (Å²) < 4.78 is 11.4. The lowest BCUT2D eigenvalue weighted by atomic mass is 10.0. The third kappa shape index (κ3) is 4.47. The van der Waals surface area contributed by atoms with Gasteiger partial charge in [0.25, 0.3) is 5.91 Å².